The standard InChI is InChI=1S/C15H20N2O/c1-10(2)13-9-12(6-7-15(13)18-5)14-8-11(3)16-17(14)4/h6-10H,1-5H3. The van der Waals surface area contributed by atoms with Crippen LogP contribution in [-0.2, 0) is 7.05 Å². The number of aryl methyl sites for hydroxylation is 2. The van der Waals surface area contributed by atoms with Crippen molar-refractivity contribution in [2.75, 3.05) is 7.11 Å². The third-order valence-corrected chi connectivity index (χ3v) is 3.15. The van der Waals surface area contributed by atoms with E-state index in [1.54, 1.807) is 7.11 Å². The fourth-order valence-corrected chi connectivity index (χ4v) is 2.23. The third-order valence-electron chi connectivity index (χ3n) is 3.15. The molecule has 3 nitrogen and oxygen atoms in total. The molecule has 0 aliphatic carbocycles. The van der Waals surface area contributed by atoms with Crippen molar-refractivity contribution in [1.82, 2.24) is 9.78 Å². The maximum atomic E-state index is 5.41. The van der Waals surface area contributed by atoms with E-state index in [0.29, 0.717) is 5.92 Å². The Morgan fingerprint density at radius 1 is 1.22 bits per heavy atom. The average molecular weight is 244 g/mol. The molecule has 0 unspecified atom stereocenters. The van der Waals surface area contributed by atoms with E-state index >= 15 is 0 Å². The Labute approximate surface area is 108 Å². The van der Waals surface area contributed by atoms with Crippen LogP contribution in [0.2, 0.25) is 0 Å². The van der Waals surface area contributed by atoms with Crippen LogP contribution in [0.5, 0.6) is 5.75 Å². The fraction of sp³-hybridized carbons (Fsp3) is 0.400. The Morgan fingerprint density at radius 2 is 1.94 bits per heavy atom. The molecule has 0 saturated heterocycles. The number of ether oxygens (including phenoxy) is 1. The Bertz CT molecular complexity index is 556. The van der Waals surface area contributed by atoms with E-state index in [0.717, 1.165) is 17.1 Å². The van der Waals surface area contributed by atoms with Crippen molar-refractivity contribution in [3.63, 3.8) is 0 Å². The van der Waals surface area contributed by atoms with Crippen LogP contribution in [-0.4, -0.2) is 16.9 Å². The van der Waals surface area contributed by atoms with Crippen molar-refractivity contribution in [1.29, 1.82) is 0 Å². The smallest absolute Gasteiger partial charge is 0.122 e. The summed E-state index contributed by atoms with van der Waals surface area (Å²) in [7, 11) is 3.69. The average Bonchev–Trinajstić information content (AvgIpc) is 2.67. The Hall–Kier alpha value is -1.77. The molecule has 0 N–H and O–H groups in total. The minimum atomic E-state index is 0.439. The molecule has 0 fully saturated rings. The highest BCUT2D eigenvalue weighted by Crippen LogP contribution is 2.31. The van der Waals surface area contributed by atoms with Crippen molar-refractivity contribution in [2.24, 2.45) is 7.05 Å². The van der Waals surface area contributed by atoms with Crippen molar-refractivity contribution in [3.05, 3.63) is 35.5 Å². The number of hydrogen-bond donors (Lipinski definition) is 0. The number of aromatic nitrogens is 2. The highest BCUT2D eigenvalue weighted by Gasteiger charge is 2.11. The molecule has 2 rings (SSSR count). The lowest BCUT2D eigenvalue weighted by molar-refractivity contribution is 0.407. The van der Waals surface area contributed by atoms with Gasteiger partial charge >= 0.3 is 0 Å². The molecule has 1 heterocycles. The summed E-state index contributed by atoms with van der Waals surface area (Å²) in [5.74, 6) is 1.39. The molecule has 0 radical (unpaired) electrons. The van der Waals surface area contributed by atoms with Crippen LogP contribution in [0.1, 0.15) is 31.0 Å². The van der Waals surface area contributed by atoms with Gasteiger partial charge in [-0.2, -0.15) is 5.10 Å². The predicted octanol–water partition coefficient (Wildman–Crippen LogP) is 3.53. The van der Waals surface area contributed by atoms with Crippen molar-refractivity contribution < 1.29 is 4.74 Å². The van der Waals surface area contributed by atoms with Gasteiger partial charge in [-0.3, -0.25) is 4.68 Å². The van der Waals surface area contributed by atoms with Gasteiger partial charge in [0.1, 0.15) is 5.75 Å². The van der Waals surface area contributed by atoms with Gasteiger partial charge in [-0.1, -0.05) is 13.8 Å². The van der Waals surface area contributed by atoms with Gasteiger partial charge in [-0.05, 0) is 42.7 Å². The molecule has 0 aliphatic heterocycles. The van der Waals surface area contributed by atoms with Crippen LogP contribution in [0.4, 0.5) is 0 Å². The molecule has 3 heteroatoms. The molecule has 0 saturated carbocycles. The topological polar surface area (TPSA) is 27.1 Å². The van der Waals surface area contributed by atoms with Crippen molar-refractivity contribution >= 4 is 0 Å². The quantitative estimate of drug-likeness (QED) is 0.826. The molecule has 1 aromatic carbocycles. The predicted molar refractivity (Wildman–Crippen MR) is 74.0 cm³/mol. The van der Waals surface area contributed by atoms with Gasteiger partial charge in [-0.25, -0.2) is 0 Å². The molecule has 0 bridgehead atoms. The van der Waals surface area contributed by atoms with Crippen molar-refractivity contribution in [3.8, 4) is 17.0 Å². The van der Waals surface area contributed by atoms with Crippen molar-refractivity contribution in [2.45, 2.75) is 26.7 Å². The van der Waals surface area contributed by atoms with Crippen LogP contribution >= 0.6 is 0 Å². The monoisotopic (exact) mass is 244 g/mol. The number of benzene rings is 1. The lowest BCUT2D eigenvalue weighted by atomic mass is 9.98. The first-order chi connectivity index (χ1) is 8.52. The van der Waals surface area contributed by atoms with Crippen LogP contribution in [0.25, 0.3) is 11.3 Å². The lowest BCUT2D eigenvalue weighted by Gasteiger charge is -2.13. The van der Waals surface area contributed by atoms with Gasteiger partial charge in [0.2, 0.25) is 0 Å². The second-order valence-corrected chi connectivity index (χ2v) is 4.91. The Morgan fingerprint density at radius 3 is 2.44 bits per heavy atom. The summed E-state index contributed by atoms with van der Waals surface area (Å²) in [5, 5.41) is 4.39. The number of hydrogen-bond acceptors (Lipinski definition) is 2. The second-order valence-electron chi connectivity index (χ2n) is 4.91. The minimum Gasteiger partial charge on any atom is -0.496 e. The van der Waals surface area contributed by atoms with Gasteiger partial charge < -0.3 is 4.74 Å². The van der Waals surface area contributed by atoms with Crippen LogP contribution in [0, 0.1) is 6.92 Å². The molecule has 2 aromatic rings. The molecular weight excluding hydrogens is 224 g/mol. The lowest BCUT2D eigenvalue weighted by Crippen LogP contribution is -1.97. The zero-order valence-corrected chi connectivity index (χ0v) is 11.7. The van der Waals surface area contributed by atoms with E-state index < -0.39 is 0 Å². The Balaban J connectivity index is 2.53. The fourth-order valence-electron chi connectivity index (χ4n) is 2.23. The summed E-state index contributed by atoms with van der Waals surface area (Å²) in [6, 6.07) is 8.42. The first kappa shape index (κ1) is 12.7. The maximum absolute atomic E-state index is 5.41. The highest BCUT2D eigenvalue weighted by molar-refractivity contribution is 5.63. The van der Waals surface area contributed by atoms with Crippen LogP contribution < -0.4 is 4.74 Å². The zero-order chi connectivity index (χ0) is 13.3. The molecule has 1 aromatic heterocycles. The van der Waals surface area contributed by atoms with E-state index in [9.17, 15) is 0 Å². The van der Waals surface area contributed by atoms with Gasteiger partial charge in [-0.15, -0.1) is 0 Å². The summed E-state index contributed by atoms with van der Waals surface area (Å²) in [5.41, 5.74) is 4.59. The molecule has 0 amide bonds. The normalized spacial score (nSPS) is 11.0. The molecule has 0 spiro atoms. The van der Waals surface area contributed by atoms with Gasteiger partial charge in [0, 0.05) is 12.6 Å². The number of rotatable bonds is 3. The van der Waals surface area contributed by atoms with Gasteiger partial charge in [0.25, 0.3) is 0 Å². The maximum Gasteiger partial charge on any atom is 0.122 e. The third kappa shape index (κ3) is 2.26. The minimum absolute atomic E-state index is 0.439. The summed E-state index contributed by atoms with van der Waals surface area (Å²) in [4.78, 5) is 0. The highest BCUT2D eigenvalue weighted by atomic mass is 16.5. The largest absolute Gasteiger partial charge is 0.496 e. The van der Waals surface area contributed by atoms with E-state index in [-0.39, 0.29) is 0 Å². The Kier molecular flexibility index (Phi) is 3.41. The number of methoxy groups -OCH3 is 1. The van der Waals surface area contributed by atoms with Gasteiger partial charge in [0.05, 0.1) is 18.5 Å². The van der Waals surface area contributed by atoms with E-state index in [1.165, 1.54) is 11.1 Å². The molecule has 0 atom stereocenters. The van der Waals surface area contributed by atoms with Crippen LogP contribution in [0.15, 0.2) is 24.3 Å². The van der Waals surface area contributed by atoms with E-state index in [1.807, 2.05) is 24.7 Å². The van der Waals surface area contributed by atoms with Crippen LogP contribution in [0.3, 0.4) is 0 Å². The van der Waals surface area contributed by atoms with Gasteiger partial charge in [0.15, 0.2) is 0 Å². The molecule has 18 heavy (non-hydrogen) atoms. The molecular formula is C15H20N2O. The molecule has 96 valence electrons. The zero-order valence-electron chi connectivity index (χ0n) is 11.7. The summed E-state index contributed by atoms with van der Waals surface area (Å²) in [6.07, 6.45) is 0. The molecule has 0 aliphatic rings. The first-order valence-electron chi connectivity index (χ1n) is 6.22. The second kappa shape index (κ2) is 4.84. The summed E-state index contributed by atoms with van der Waals surface area (Å²) in [6.45, 7) is 6.36. The number of nitrogens with zero attached hydrogens (tertiary/aromatic N) is 2. The summed E-state index contributed by atoms with van der Waals surface area (Å²) < 4.78 is 7.33. The van der Waals surface area contributed by atoms with E-state index in [4.69, 9.17) is 4.74 Å². The summed E-state index contributed by atoms with van der Waals surface area (Å²) >= 11 is 0. The first-order valence-corrected chi connectivity index (χ1v) is 6.22. The SMILES string of the molecule is COc1ccc(-c2cc(C)nn2C)cc1C(C)C. The van der Waals surface area contributed by atoms with E-state index in [2.05, 4.69) is 37.1 Å².